The zero-order valence-corrected chi connectivity index (χ0v) is 17.6. The molecule has 10 heteroatoms. The van der Waals surface area contributed by atoms with Gasteiger partial charge in [-0.3, -0.25) is 4.79 Å². The molecule has 2 aromatic carbocycles. The number of sulfonamides is 1. The maximum Gasteiger partial charge on any atom is 0.255 e. The SMILES string of the molecule is COCCN(CCOC)S(=O)(=O)c1ccc(C(=O)Nc2ccc3c(c2)OCO3)cc1. The smallest absolute Gasteiger partial charge is 0.255 e. The van der Waals surface area contributed by atoms with Gasteiger partial charge in [0.25, 0.3) is 5.91 Å². The van der Waals surface area contributed by atoms with Crippen molar-refractivity contribution < 1.29 is 32.2 Å². The van der Waals surface area contributed by atoms with Gasteiger partial charge in [-0.2, -0.15) is 4.31 Å². The molecule has 0 fully saturated rings. The van der Waals surface area contributed by atoms with Gasteiger partial charge < -0.3 is 24.3 Å². The highest BCUT2D eigenvalue weighted by Gasteiger charge is 2.24. The van der Waals surface area contributed by atoms with Crippen molar-refractivity contribution in [2.45, 2.75) is 4.90 Å². The largest absolute Gasteiger partial charge is 0.454 e. The third kappa shape index (κ3) is 5.08. The Morgan fingerprint density at radius 3 is 2.27 bits per heavy atom. The van der Waals surface area contributed by atoms with Crippen molar-refractivity contribution in [2.75, 3.05) is 52.6 Å². The molecule has 1 aliphatic heterocycles. The molecule has 0 atom stereocenters. The minimum absolute atomic E-state index is 0.0920. The van der Waals surface area contributed by atoms with Crippen LogP contribution >= 0.6 is 0 Å². The summed E-state index contributed by atoms with van der Waals surface area (Å²) < 4.78 is 47.7. The zero-order chi connectivity index (χ0) is 21.6. The quantitative estimate of drug-likeness (QED) is 0.607. The molecule has 3 rings (SSSR count). The van der Waals surface area contributed by atoms with Crippen molar-refractivity contribution in [3.05, 3.63) is 48.0 Å². The minimum Gasteiger partial charge on any atom is -0.454 e. The fraction of sp³-hybridized carbons (Fsp3) is 0.350. The van der Waals surface area contributed by atoms with Gasteiger partial charge in [0.2, 0.25) is 16.8 Å². The van der Waals surface area contributed by atoms with Crippen molar-refractivity contribution in [3.8, 4) is 11.5 Å². The van der Waals surface area contributed by atoms with E-state index >= 15 is 0 Å². The van der Waals surface area contributed by atoms with E-state index in [2.05, 4.69) is 5.32 Å². The van der Waals surface area contributed by atoms with E-state index < -0.39 is 10.0 Å². The normalized spacial score (nSPS) is 12.9. The number of carbonyl (C=O) groups excluding carboxylic acids is 1. The number of benzene rings is 2. The zero-order valence-electron chi connectivity index (χ0n) is 16.8. The van der Waals surface area contributed by atoms with Crippen LogP contribution in [0.3, 0.4) is 0 Å². The molecule has 0 spiro atoms. The van der Waals surface area contributed by atoms with Crippen molar-refractivity contribution >= 4 is 21.6 Å². The number of carbonyl (C=O) groups is 1. The second kappa shape index (κ2) is 9.90. The Balaban J connectivity index is 1.71. The Labute approximate surface area is 175 Å². The van der Waals surface area contributed by atoms with Crippen LogP contribution < -0.4 is 14.8 Å². The summed E-state index contributed by atoms with van der Waals surface area (Å²) in [6.45, 7) is 1.08. The summed E-state index contributed by atoms with van der Waals surface area (Å²) in [6.07, 6.45) is 0. The number of fused-ring (bicyclic) bond motifs is 1. The molecule has 1 N–H and O–H groups in total. The van der Waals surface area contributed by atoms with Gasteiger partial charge in [0.05, 0.1) is 18.1 Å². The van der Waals surface area contributed by atoms with Gasteiger partial charge in [0.1, 0.15) is 0 Å². The first-order valence-corrected chi connectivity index (χ1v) is 10.7. The van der Waals surface area contributed by atoms with Gasteiger partial charge in [-0.1, -0.05) is 0 Å². The number of nitrogens with one attached hydrogen (secondary N) is 1. The Kier molecular flexibility index (Phi) is 7.27. The van der Waals surface area contributed by atoms with E-state index in [9.17, 15) is 13.2 Å². The average molecular weight is 436 g/mol. The van der Waals surface area contributed by atoms with Crippen LogP contribution in [0.4, 0.5) is 5.69 Å². The molecule has 2 aromatic rings. The molecule has 1 aliphatic rings. The predicted molar refractivity (Wildman–Crippen MR) is 109 cm³/mol. The fourth-order valence-electron chi connectivity index (χ4n) is 2.84. The molecule has 0 unspecified atom stereocenters. The third-order valence-electron chi connectivity index (χ3n) is 4.47. The number of rotatable bonds is 10. The van der Waals surface area contributed by atoms with Crippen LogP contribution in [-0.2, 0) is 19.5 Å². The summed E-state index contributed by atoms with van der Waals surface area (Å²) in [5.74, 6) is 0.809. The Morgan fingerprint density at radius 2 is 1.63 bits per heavy atom. The lowest BCUT2D eigenvalue weighted by molar-refractivity contribution is 0.102. The second-order valence-electron chi connectivity index (χ2n) is 6.44. The van der Waals surface area contributed by atoms with Crippen LogP contribution in [0.5, 0.6) is 11.5 Å². The molecule has 0 radical (unpaired) electrons. The molecule has 1 amide bonds. The third-order valence-corrected chi connectivity index (χ3v) is 6.39. The summed E-state index contributed by atoms with van der Waals surface area (Å²) in [6, 6.07) is 10.9. The lowest BCUT2D eigenvalue weighted by Crippen LogP contribution is -2.36. The summed E-state index contributed by atoms with van der Waals surface area (Å²) in [5.41, 5.74) is 0.873. The highest BCUT2D eigenvalue weighted by molar-refractivity contribution is 7.89. The number of hydrogen-bond donors (Lipinski definition) is 1. The first-order chi connectivity index (χ1) is 14.5. The number of nitrogens with zero attached hydrogens (tertiary/aromatic N) is 1. The fourth-order valence-corrected chi connectivity index (χ4v) is 4.25. The topological polar surface area (TPSA) is 103 Å². The van der Waals surface area contributed by atoms with Gasteiger partial charge in [-0.25, -0.2) is 8.42 Å². The van der Waals surface area contributed by atoms with E-state index in [1.165, 1.54) is 42.8 Å². The van der Waals surface area contributed by atoms with Gasteiger partial charge in [-0.05, 0) is 36.4 Å². The van der Waals surface area contributed by atoms with Gasteiger partial charge in [0.15, 0.2) is 11.5 Å². The number of hydrogen-bond acceptors (Lipinski definition) is 7. The van der Waals surface area contributed by atoms with E-state index in [4.69, 9.17) is 18.9 Å². The lowest BCUT2D eigenvalue weighted by Gasteiger charge is -2.21. The molecule has 0 aliphatic carbocycles. The van der Waals surface area contributed by atoms with Crippen LogP contribution in [0, 0.1) is 0 Å². The Hall–Kier alpha value is -2.66. The summed E-state index contributed by atoms with van der Waals surface area (Å²) in [7, 11) is -0.725. The van der Waals surface area contributed by atoms with Crippen molar-refractivity contribution in [2.24, 2.45) is 0 Å². The van der Waals surface area contributed by atoms with Gasteiger partial charge in [-0.15, -0.1) is 0 Å². The first-order valence-electron chi connectivity index (χ1n) is 9.25. The molecule has 162 valence electrons. The van der Waals surface area contributed by atoms with E-state index in [0.29, 0.717) is 22.7 Å². The van der Waals surface area contributed by atoms with E-state index in [-0.39, 0.29) is 43.9 Å². The van der Waals surface area contributed by atoms with Gasteiger partial charge in [0, 0.05) is 44.6 Å². The number of amides is 1. The maximum absolute atomic E-state index is 12.9. The molecule has 0 saturated carbocycles. The molecule has 0 saturated heterocycles. The van der Waals surface area contributed by atoms with E-state index in [1.54, 1.807) is 18.2 Å². The summed E-state index contributed by atoms with van der Waals surface area (Å²) in [5, 5.41) is 2.76. The van der Waals surface area contributed by atoms with Gasteiger partial charge >= 0.3 is 0 Å². The van der Waals surface area contributed by atoms with Crippen LogP contribution in [-0.4, -0.2) is 65.9 Å². The van der Waals surface area contributed by atoms with Crippen molar-refractivity contribution in [1.29, 1.82) is 0 Å². The predicted octanol–water partition coefficient (Wildman–Crippen LogP) is 1.95. The molecule has 1 heterocycles. The van der Waals surface area contributed by atoms with Crippen molar-refractivity contribution in [3.63, 3.8) is 0 Å². The van der Waals surface area contributed by atoms with Crippen LogP contribution in [0.2, 0.25) is 0 Å². The van der Waals surface area contributed by atoms with Crippen LogP contribution in [0.15, 0.2) is 47.4 Å². The second-order valence-corrected chi connectivity index (χ2v) is 8.37. The number of anilines is 1. The number of methoxy groups -OCH3 is 2. The first kappa shape index (κ1) is 22.0. The van der Waals surface area contributed by atoms with Crippen LogP contribution in [0.25, 0.3) is 0 Å². The monoisotopic (exact) mass is 436 g/mol. The van der Waals surface area contributed by atoms with Crippen molar-refractivity contribution in [1.82, 2.24) is 4.31 Å². The van der Waals surface area contributed by atoms with E-state index in [0.717, 1.165) is 0 Å². The average Bonchev–Trinajstić information content (AvgIpc) is 3.21. The molecule has 9 nitrogen and oxygen atoms in total. The van der Waals surface area contributed by atoms with Crippen LogP contribution in [0.1, 0.15) is 10.4 Å². The Bertz CT molecular complexity index is 969. The molecule has 0 aromatic heterocycles. The summed E-state index contributed by atoms with van der Waals surface area (Å²) >= 11 is 0. The maximum atomic E-state index is 12.9. The molecule has 30 heavy (non-hydrogen) atoms. The lowest BCUT2D eigenvalue weighted by atomic mass is 10.2. The highest BCUT2D eigenvalue weighted by atomic mass is 32.2. The summed E-state index contributed by atoms with van der Waals surface area (Å²) in [4.78, 5) is 12.6. The highest BCUT2D eigenvalue weighted by Crippen LogP contribution is 2.34. The Morgan fingerprint density at radius 1 is 1.00 bits per heavy atom. The minimum atomic E-state index is -3.74. The molecule has 0 bridgehead atoms. The van der Waals surface area contributed by atoms with E-state index in [1.807, 2.05) is 0 Å². The molecular formula is C20H24N2O7S. The number of ether oxygens (including phenoxy) is 4. The molecular weight excluding hydrogens is 412 g/mol. The standard InChI is InChI=1S/C20H24N2O7S/c1-26-11-9-22(10-12-27-2)30(24,25)17-6-3-15(4-7-17)20(23)21-16-5-8-18-19(13-16)29-14-28-18/h3-8,13H,9-12,14H2,1-2H3,(H,21,23).